The molecule has 0 heterocycles. The van der Waals surface area contributed by atoms with E-state index in [1.165, 1.54) is 12.1 Å². The molecule has 0 bridgehead atoms. The Kier molecular flexibility index (Phi) is 5.06. The number of carboxylic acid groups (broad SMARTS) is 1. The highest BCUT2D eigenvalue weighted by Crippen LogP contribution is 2.10. The zero-order chi connectivity index (χ0) is 15.2. The molecule has 0 amide bonds. The maximum Gasteiger partial charge on any atom is 0.336 e. The van der Waals surface area contributed by atoms with E-state index in [4.69, 9.17) is 5.11 Å². The maximum atomic E-state index is 12.8. The predicted molar refractivity (Wildman–Crippen MR) is 79.8 cm³/mol. The Morgan fingerprint density at radius 2 is 1.86 bits per heavy atom. The molecule has 2 rings (SSSR count). The summed E-state index contributed by atoms with van der Waals surface area (Å²) in [5, 5.41) is 12.4. The van der Waals surface area contributed by atoms with Crippen LogP contribution in [0.3, 0.4) is 0 Å². The van der Waals surface area contributed by atoms with Crippen molar-refractivity contribution in [3.8, 4) is 0 Å². The van der Waals surface area contributed by atoms with Crippen LogP contribution in [0.2, 0.25) is 0 Å². The van der Waals surface area contributed by atoms with Crippen molar-refractivity contribution in [3.63, 3.8) is 0 Å². The second-order valence-electron chi connectivity index (χ2n) is 5.07. The SMILES string of the molecule is CC(Cc1ccc(F)cc1)NCc1ccccc1C(=O)O. The van der Waals surface area contributed by atoms with Gasteiger partial charge in [0, 0.05) is 12.6 Å². The summed E-state index contributed by atoms with van der Waals surface area (Å²) < 4.78 is 12.8. The van der Waals surface area contributed by atoms with E-state index in [-0.39, 0.29) is 11.9 Å². The molecule has 0 saturated heterocycles. The third kappa shape index (κ3) is 4.39. The molecule has 0 saturated carbocycles. The summed E-state index contributed by atoms with van der Waals surface area (Å²) >= 11 is 0. The Morgan fingerprint density at radius 3 is 2.52 bits per heavy atom. The van der Waals surface area contributed by atoms with Crippen molar-refractivity contribution in [1.82, 2.24) is 5.32 Å². The first-order valence-electron chi connectivity index (χ1n) is 6.85. The average molecular weight is 287 g/mol. The second-order valence-corrected chi connectivity index (χ2v) is 5.07. The number of halogens is 1. The van der Waals surface area contributed by atoms with Crippen molar-refractivity contribution in [2.45, 2.75) is 25.9 Å². The summed E-state index contributed by atoms with van der Waals surface area (Å²) in [7, 11) is 0. The average Bonchev–Trinajstić information content (AvgIpc) is 2.48. The summed E-state index contributed by atoms with van der Waals surface area (Å²) in [6.07, 6.45) is 0.759. The van der Waals surface area contributed by atoms with Crippen molar-refractivity contribution >= 4 is 5.97 Å². The van der Waals surface area contributed by atoms with E-state index in [1.54, 1.807) is 30.3 Å². The largest absolute Gasteiger partial charge is 0.478 e. The minimum atomic E-state index is -0.918. The Bertz CT molecular complexity index is 610. The quantitative estimate of drug-likeness (QED) is 0.857. The molecule has 0 fully saturated rings. The summed E-state index contributed by atoms with van der Waals surface area (Å²) in [4.78, 5) is 11.1. The molecule has 0 spiro atoms. The first kappa shape index (κ1) is 15.2. The minimum Gasteiger partial charge on any atom is -0.478 e. The number of hydrogen-bond acceptors (Lipinski definition) is 2. The predicted octanol–water partition coefficient (Wildman–Crippen LogP) is 3.24. The van der Waals surface area contributed by atoms with Crippen molar-refractivity contribution in [2.75, 3.05) is 0 Å². The number of aromatic carboxylic acids is 1. The van der Waals surface area contributed by atoms with Crippen LogP contribution in [-0.2, 0) is 13.0 Å². The van der Waals surface area contributed by atoms with Gasteiger partial charge in [0.1, 0.15) is 5.82 Å². The molecule has 2 N–H and O–H groups in total. The molecule has 0 aliphatic carbocycles. The molecule has 2 aromatic rings. The molecule has 3 nitrogen and oxygen atoms in total. The van der Waals surface area contributed by atoms with E-state index < -0.39 is 5.97 Å². The minimum absolute atomic E-state index is 0.164. The summed E-state index contributed by atoms with van der Waals surface area (Å²) in [6.45, 7) is 2.51. The Labute approximate surface area is 123 Å². The van der Waals surface area contributed by atoms with E-state index >= 15 is 0 Å². The fraction of sp³-hybridized carbons (Fsp3) is 0.235. The van der Waals surface area contributed by atoms with Gasteiger partial charge in [-0.3, -0.25) is 0 Å². The number of benzene rings is 2. The van der Waals surface area contributed by atoms with Crippen LogP contribution < -0.4 is 5.32 Å². The first-order chi connectivity index (χ1) is 10.1. The fourth-order valence-corrected chi connectivity index (χ4v) is 2.21. The van der Waals surface area contributed by atoms with Crippen LogP contribution in [0.5, 0.6) is 0 Å². The second kappa shape index (κ2) is 6.99. The number of carbonyl (C=O) groups is 1. The Balaban J connectivity index is 1.93. The van der Waals surface area contributed by atoms with Gasteiger partial charge in [-0.25, -0.2) is 9.18 Å². The van der Waals surface area contributed by atoms with Gasteiger partial charge >= 0.3 is 5.97 Å². The Morgan fingerprint density at radius 1 is 1.19 bits per heavy atom. The topological polar surface area (TPSA) is 49.3 Å². The standard InChI is InChI=1S/C17H18FNO2/c1-12(10-13-6-8-15(18)9-7-13)19-11-14-4-2-3-5-16(14)17(20)21/h2-9,12,19H,10-11H2,1H3,(H,20,21). The van der Waals surface area contributed by atoms with Gasteiger partial charge in [0.05, 0.1) is 5.56 Å². The van der Waals surface area contributed by atoms with Gasteiger partial charge in [-0.2, -0.15) is 0 Å². The molecule has 0 aliphatic heterocycles. The zero-order valence-electron chi connectivity index (χ0n) is 11.8. The summed E-state index contributed by atoms with van der Waals surface area (Å²) in [6, 6.07) is 13.5. The van der Waals surface area contributed by atoms with Crippen LogP contribution in [0.15, 0.2) is 48.5 Å². The highest BCUT2D eigenvalue weighted by molar-refractivity contribution is 5.89. The molecule has 0 aliphatic rings. The van der Waals surface area contributed by atoms with Gasteiger partial charge in [-0.15, -0.1) is 0 Å². The van der Waals surface area contributed by atoms with Crippen molar-refractivity contribution in [3.05, 3.63) is 71.0 Å². The van der Waals surface area contributed by atoms with E-state index in [9.17, 15) is 9.18 Å². The smallest absolute Gasteiger partial charge is 0.336 e. The number of hydrogen-bond donors (Lipinski definition) is 2. The van der Waals surface area contributed by atoms with Crippen LogP contribution in [0.1, 0.15) is 28.4 Å². The van der Waals surface area contributed by atoms with Crippen LogP contribution in [-0.4, -0.2) is 17.1 Å². The van der Waals surface area contributed by atoms with E-state index in [2.05, 4.69) is 5.32 Å². The van der Waals surface area contributed by atoms with Gasteiger partial charge in [-0.05, 0) is 42.7 Å². The summed E-state index contributed by atoms with van der Waals surface area (Å²) in [5.41, 5.74) is 2.12. The molecule has 1 unspecified atom stereocenters. The molecular weight excluding hydrogens is 269 g/mol. The van der Waals surface area contributed by atoms with Gasteiger partial charge < -0.3 is 10.4 Å². The van der Waals surface area contributed by atoms with Gasteiger partial charge in [0.2, 0.25) is 0 Å². The van der Waals surface area contributed by atoms with E-state index in [1.807, 2.05) is 13.0 Å². The Hall–Kier alpha value is -2.20. The van der Waals surface area contributed by atoms with Crippen LogP contribution in [0.25, 0.3) is 0 Å². The van der Waals surface area contributed by atoms with E-state index in [0.29, 0.717) is 12.1 Å². The lowest BCUT2D eigenvalue weighted by molar-refractivity contribution is 0.0695. The normalized spacial score (nSPS) is 12.1. The maximum absolute atomic E-state index is 12.8. The lowest BCUT2D eigenvalue weighted by Crippen LogP contribution is -2.28. The van der Waals surface area contributed by atoms with Gasteiger partial charge in [0.25, 0.3) is 0 Å². The van der Waals surface area contributed by atoms with Crippen molar-refractivity contribution < 1.29 is 14.3 Å². The molecule has 0 radical (unpaired) electrons. The lowest BCUT2D eigenvalue weighted by Gasteiger charge is -2.15. The third-order valence-corrected chi connectivity index (χ3v) is 3.34. The molecule has 4 heteroatoms. The van der Waals surface area contributed by atoms with Gasteiger partial charge in [0.15, 0.2) is 0 Å². The molecular formula is C17H18FNO2. The lowest BCUT2D eigenvalue weighted by atomic mass is 10.1. The molecule has 1 atom stereocenters. The summed E-state index contributed by atoms with van der Waals surface area (Å²) in [5.74, 6) is -1.16. The van der Waals surface area contributed by atoms with Crippen LogP contribution >= 0.6 is 0 Å². The highest BCUT2D eigenvalue weighted by atomic mass is 19.1. The van der Waals surface area contributed by atoms with Crippen LogP contribution in [0, 0.1) is 5.82 Å². The van der Waals surface area contributed by atoms with E-state index in [0.717, 1.165) is 17.5 Å². The fourth-order valence-electron chi connectivity index (χ4n) is 2.21. The van der Waals surface area contributed by atoms with Crippen LogP contribution in [0.4, 0.5) is 4.39 Å². The van der Waals surface area contributed by atoms with Gasteiger partial charge in [-0.1, -0.05) is 30.3 Å². The van der Waals surface area contributed by atoms with Crippen molar-refractivity contribution in [1.29, 1.82) is 0 Å². The number of carboxylic acids is 1. The molecule has 21 heavy (non-hydrogen) atoms. The molecule has 0 aromatic heterocycles. The first-order valence-corrected chi connectivity index (χ1v) is 6.85. The monoisotopic (exact) mass is 287 g/mol. The number of rotatable bonds is 6. The zero-order valence-corrected chi connectivity index (χ0v) is 11.8. The highest BCUT2D eigenvalue weighted by Gasteiger charge is 2.10. The number of nitrogens with one attached hydrogen (secondary N) is 1. The third-order valence-electron chi connectivity index (χ3n) is 3.34. The molecule has 110 valence electrons. The van der Waals surface area contributed by atoms with Crippen molar-refractivity contribution in [2.24, 2.45) is 0 Å². The molecule has 2 aromatic carbocycles.